The van der Waals surface area contributed by atoms with Crippen LogP contribution in [-0.4, -0.2) is 40.5 Å². The largest absolute Gasteiger partial charge is 0.475 e. The summed E-state index contributed by atoms with van der Waals surface area (Å²) in [5.41, 5.74) is -0.837. The molecule has 0 spiro atoms. The number of carbonyl (C=O) groups excluding carboxylic acids is 2. The zero-order valence-corrected chi connectivity index (χ0v) is 11.1. The molecule has 1 saturated carbocycles. The van der Waals surface area contributed by atoms with Crippen LogP contribution in [-0.2, 0) is 9.59 Å². The van der Waals surface area contributed by atoms with Crippen LogP contribution >= 0.6 is 0 Å². The Hall–Kier alpha value is -1.08. The molecule has 1 unspecified atom stereocenters. The Bertz CT molecular complexity index is 329. The van der Waals surface area contributed by atoms with Crippen LogP contribution in [0.1, 0.15) is 40.0 Å². The molecule has 0 aromatic heterocycles. The Morgan fingerprint density at radius 3 is 2.22 bits per heavy atom. The van der Waals surface area contributed by atoms with Gasteiger partial charge in [-0.15, -0.1) is 0 Å². The molecule has 1 atom stereocenters. The second-order valence-corrected chi connectivity index (χ2v) is 5.39. The molecule has 1 aliphatic carbocycles. The Kier molecular flexibility index (Phi) is 4.75. The van der Waals surface area contributed by atoms with Crippen LogP contribution in [0.15, 0.2) is 0 Å². The van der Waals surface area contributed by atoms with Crippen LogP contribution in [0.5, 0.6) is 0 Å². The van der Waals surface area contributed by atoms with Gasteiger partial charge in [0.1, 0.15) is 5.54 Å². The van der Waals surface area contributed by atoms with Gasteiger partial charge in [-0.2, -0.15) is 0 Å². The Morgan fingerprint density at radius 2 is 1.89 bits per heavy atom. The zero-order chi connectivity index (χ0) is 13.9. The standard InChI is InChI=1S/C11H21BN2O4/c1-7(2)6-9(12(17)18)13-10(16)11(4-5-11)14-8(3)15/h7,9,17-18H,4-6H2,1-3H3,(H,13,16)(H,14,15). The lowest BCUT2D eigenvalue weighted by Gasteiger charge is -2.23. The molecule has 0 aromatic carbocycles. The van der Waals surface area contributed by atoms with Gasteiger partial charge in [0.2, 0.25) is 11.8 Å². The average molecular weight is 256 g/mol. The van der Waals surface area contributed by atoms with Crippen LogP contribution in [0.3, 0.4) is 0 Å². The predicted octanol–water partition coefficient (Wildman–Crippen LogP) is -0.802. The summed E-state index contributed by atoms with van der Waals surface area (Å²) < 4.78 is 0. The van der Waals surface area contributed by atoms with E-state index in [1.54, 1.807) is 0 Å². The maximum Gasteiger partial charge on any atom is 0.475 e. The van der Waals surface area contributed by atoms with Crippen molar-refractivity contribution in [3.05, 3.63) is 0 Å². The molecule has 0 saturated heterocycles. The van der Waals surface area contributed by atoms with Crippen molar-refractivity contribution in [3.63, 3.8) is 0 Å². The highest BCUT2D eigenvalue weighted by Crippen LogP contribution is 2.35. The number of carbonyl (C=O) groups is 2. The first kappa shape index (κ1) is 15.0. The first-order chi connectivity index (χ1) is 8.27. The molecule has 1 aliphatic rings. The molecule has 6 nitrogen and oxygen atoms in total. The van der Waals surface area contributed by atoms with Crippen molar-refractivity contribution in [1.29, 1.82) is 0 Å². The van der Waals surface area contributed by atoms with Crippen molar-refractivity contribution < 1.29 is 19.6 Å². The van der Waals surface area contributed by atoms with E-state index < -0.39 is 18.6 Å². The van der Waals surface area contributed by atoms with E-state index in [0.29, 0.717) is 19.3 Å². The van der Waals surface area contributed by atoms with Crippen molar-refractivity contribution in [2.24, 2.45) is 5.92 Å². The number of hydrogen-bond donors (Lipinski definition) is 4. The number of rotatable bonds is 6. The SMILES string of the molecule is CC(=O)NC1(C(=O)NC(CC(C)C)B(O)O)CC1. The van der Waals surface area contributed by atoms with Crippen LogP contribution in [0.2, 0.25) is 0 Å². The van der Waals surface area contributed by atoms with Crippen molar-refractivity contribution in [2.75, 3.05) is 0 Å². The molecule has 0 aliphatic heterocycles. The molecular weight excluding hydrogens is 235 g/mol. The van der Waals surface area contributed by atoms with E-state index in [2.05, 4.69) is 10.6 Å². The molecular formula is C11H21BN2O4. The Balaban J connectivity index is 2.59. The van der Waals surface area contributed by atoms with Gasteiger partial charge in [-0.25, -0.2) is 0 Å². The number of hydrogen-bond acceptors (Lipinski definition) is 4. The number of amides is 2. The molecule has 2 amide bonds. The molecule has 4 N–H and O–H groups in total. The van der Waals surface area contributed by atoms with Gasteiger partial charge in [0.15, 0.2) is 0 Å². The summed E-state index contributed by atoms with van der Waals surface area (Å²) in [6.45, 7) is 5.23. The lowest BCUT2D eigenvalue weighted by atomic mass is 9.75. The minimum Gasteiger partial charge on any atom is -0.426 e. The van der Waals surface area contributed by atoms with E-state index in [-0.39, 0.29) is 17.7 Å². The molecule has 102 valence electrons. The summed E-state index contributed by atoms with van der Waals surface area (Å²) in [5.74, 6) is -1.07. The van der Waals surface area contributed by atoms with E-state index in [4.69, 9.17) is 0 Å². The van der Waals surface area contributed by atoms with Gasteiger partial charge in [-0.1, -0.05) is 13.8 Å². The Morgan fingerprint density at radius 1 is 1.33 bits per heavy atom. The fraction of sp³-hybridized carbons (Fsp3) is 0.818. The smallest absolute Gasteiger partial charge is 0.426 e. The van der Waals surface area contributed by atoms with E-state index in [9.17, 15) is 19.6 Å². The van der Waals surface area contributed by atoms with Gasteiger partial charge in [-0.05, 0) is 25.2 Å². The van der Waals surface area contributed by atoms with E-state index in [1.807, 2.05) is 13.8 Å². The highest BCUT2D eigenvalue weighted by atomic mass is 16.4. The summed E-state index contributed by atoms with van der Waals surface area (Å²) >= 11 is 0. The van der Waals surface area contributed by atoms with Gasteiger partial charge in [0.05, 0.1) is 5.94 Å². The summed E-state index contributed by atoms with van der Waals surface area (Å²) in [6, 6.07) is 0. The summed E-state index contributed by atoms with van der Waals surface area (Å²) in [7, 11) is -1.59. The van der Waals surface area contributed by atoms with Gasteiger partial charge < -0.3 is 20.7 Å². The van der Waals surface area contributed by atoms with Gasteiger partial charge in [-0.3, -0.25) is 9.59 Å². The fourth-order valence-electron chi connectivity index (χ4n) is 1.94. The summed E-state index contributed by atoms with van der Waals surface area (Å²) in [6.07, 6.45) is 1.65. The number of nitrogens with one attached hydrogen (secondary N) is 2. The van der Waals surface area contributed by atoms with Crippen molar-refractivity contribution in [1.82, 2.24) is 10.6 Å². The van der Waals surface area contributed by atoms with Gasteiger partial charge in [0.25, 0.3) is 0 Å². The van der Waals surface area contributed by atoms with Crippen molar-refractivity contribution in [3.8, 4) is 0 Å². The van der Waals surface area contributed by atoms with E-state index >= 15 is 0 Å². The molecule has 1 fully saturated rings. The predicted molar refractivity (Wildman–Crippen MR) is 67.4 cm³/mol. The molecule has 0 aromatic rings. The van der Waals surface area contributed by atoms with E-state index in [1.165, 1.54) is 6.92 Å². The zero-order valence-electron chi connectivity index (χ0n) is 11.1. The van der Waals surface area contributed by atoms with Crippen LogP contribution in [0, 0.1) is 5.92 Å². The average Bonchev–Trinajstić information content (AvgIpc) is 2.95. The Labute approximate surface area is 107 Å². The highest BCUT2D eigenvalue weighted by molar-refractivity contribution is 6.43. The van der Waals surface area contributed by atoms with Gasteiger partial charge >= 0.3 is 7.12 Å². The summed E-state index contributed by atoms with van der Waals surface area (Å²) in [4.78, 5) is 23.0. The van der Waals surface area contributed by atoms with Crippen LogP contribution < -0.4 is 10.6 Å². The van der Waals surface area contributed by atoms with Crippen LogP contribution in [0.25, 0.3) is 0 Å². The normalized spacial score (nSPS) is 18.1. The van der Waals surface area contributed by atoms with Crippen molar-refractivity contribution in [2.45, 2.75) is 51.5 Å². The first-order valence-electron chi connectivity index (χ1n) is 6.22. The molecule has 18 heavy (non-hydrogen) atoms. The minimum atomic E-state index is -1.59. The lowest BCUT2D eigenvalue weighted by molar-refractivity contribution is -0.129. The first-order valence-corrected chi connectivity index (χ1v) is 6.22. The monoisotopic (exact) mass is 256 g/mol. The molecule has 7 heteroatoms. The molecule has 0 heterocycles. The third-order valence-electron chi connectivity index (χ3n) is 3.00. The van der Waals surface area contributed by atoms with Crippen molar-refractivity contribution >= 4 is 18.9 Å². The maximum atomic E-state index is 12.0. The molecule has 1 rings (SSSR count). The second-order valence-electron chi connectivity index (χ2n) is 5.39. The van der Waals surface area contributed by atoms with Gasteiger partial charge in [0, 0.05) is 6.92 Å². The summed E-state index contributed by atoms with van der Waals surface area (Å²) in [5, 5.41) is 23.7. The topological polar surface area (TPSA) is 98.7 Å². The van der Waals surface area contributed by atoms with E-state index in [0.717, 1.165) is 0 Å². The minimum absolute atomic E-state index is 0.230. The second kappa shape index (κ2) is 5.71. The maximum absolute atomic E-state index is 12.0. The molecule has 0 bridgehead atoms. The highest BCUT2D eigenvalue weighted by Gasteiger charge is 2.51. The fourth-order valence-corrected chi connectivity index (χ4v) is 1.94. The molecule has 0 radical (unpaired) electrons. The van der Waals surface area contributed by atoms with Crippen LogP contribution in [0.4, 0.5) is 0 Å². The lowest BCUT2D eigenvalue weighted by Crippen LogP contribution is -2.55. The third-order valence-corrected chi connectivity index (χ3v) is 3.00. The third kappa shape index (κ3) is 3.99. The quantitative estimate of drug-likeness (QED) is 0.467.